The van der Waals surface area contributed by atoms with Crippen molar-refractivity contribution >= 4 is 33.8 Å². The SMILES string of the molecule is O=C1CC(C(=O)N2CCN(Cc3cc(=O)n4ccsc4n3)CC2)c2ccccc2N1. The molecule has 4 heterocycles. The van der Waals surface area contributed by atoms with Crippen LogP contribution in [0.4, 0.5) is 5.69 Å². The number of aromatic nitrogens is 2. The number of carbonyl (C=O) groups excluding carboxylic acids is 2. The van der Waals surface area contributed by atoms with Crippen LogP contribution < -0.4 is 10.9 Å². The molecular weight excluding hydrogens is 402 g/mol. The van der Waals surface area contributed by atoms with Crippen molar-refractivity contribution in [3.63, 3.8) is 0 Å². The zero-order valence-corrected chi connectivity index (χ0v) is 17.1. The summed E-state index contributed by atoms with van der Waals surface area (Å²) >= 11 is 1.44. The van der Waals surface area contributed by atoms with Gasteiger partial charge in [0.05, 0.1) is 11.6 Å². The van der Waals surface area contributed by atoms with Crippen molar-refractivity contribution in [3.05, 3.63) is 63.5 Å². The third-order valence-electron chi connectivity index (χ3n) is 5.72. The maximum Gasteiger partial charge on any atom is 0.258 e. The van der Waals surface area contributed by atoms with E-state index in [-0.39, 0.29) is 23.8 Å². The highest BCUT2D eigenvalue weighted by Gasteiger charge is 2.34. The zero-order chi connectivity index (χ0) is 20.7. The van der Waals surface area contributed by atoms with Crippen molar-refractivity contribution in [2.45, 2.75) is 18.9 Å². The molecule has 1 N–H and O–H groups in total. The second kappa shape index (κ2) is 7.66. The first-order valence-electron chi connectivity index (χ1n) is 9.94. The van der Waals surface area contributed by atoms with Gasteiger partial charge in [0.2, 0.25) is 11.8 Å². The number of hydrogen-bond donors (Lipinski definition) is 1. The summed E-state index contributed by atoms with van der Waals surface area (Å²) in [5, 5.41) is 4.69. The maximum absolute atomic E-state index is 13.2. The van der Waals surface area contributed by atoms with Crippen LogP contribution in [0.3, 0.4) is 0 Å². The highest BCUT2D eigenvalue weighted by atomic mass is 32.1. The van der Waals surface area contributed by atoms with Gasteiger partial charge in [-0.25, -0.2) is 4.98 Å². The molecule has 2 aliphatic rings. The molecule has 9 heteroatoms. The lowest BCUT2D eigenvalue weighted by molar-refractivity contribution is -0.136. The average molecular weight is 423 g/mol. The summed E-state index contributed by atoms with van der Waals surface area (Å²) in [5.74, 6) is -0.537. The number of rotatable bonds is 3. The smallest absolute Gasteiger partial charge is 0.258 e. The molecule has 5 rings (SSSR count). The molecule has 30 heavy (non-hydrogen) atoms. The fourth-order valence-electron chi connectivity index (χ4n) is 4.18. The molecular formula is C21H21N5O3S. The first-order chi connectivity index (χ1) is 14.6. The van der Waals surface area contributed by atoms with Gasteiger partial charge in [-0.3, -0.25) is 23.7 Å². The van der Waals surface area contributed by atoms with Crippen LogP contribution in [0.1, 0.15) is 23.6 Å². The van der Waals surface area contributed by atoms with E-state index >= 15 is 0 Å². The van der Waals surface area contributed by atoms with E-state index in [0.717, 1.165) is 16.9 Å². The summed E-state index contributed by atoms with van der Waals surface area (Å²) in [6.45, 7) is 3.19. The highest BCUT2D eigenvalue weighted by molar-refractivity contribution is 7.15. The van der Waals surface area contributed by atoms with Crippen molar-refractivity contribution in [1.82, 2.24) is 19.2 Å². The van der Waals surface area contributed by atoms with Crippen molar-refractivity contribution in [2.24, 2.45) is 0 Å². The number of amides is 2. The Hall–Kier alpha value is -3.04. The number of nitrogens with zero attached hydrogens (tertiary/aromatic N) is 4. The Morgan fingerprint density at radius 1 is 1.17 bits per heavy atom. The van der Waals surface area contributed by atoms with E-state index in [1.807, 2.05) is 34.5 Å². The van der Waals surface area contributed by atoms with Crippen LogP contribution >= 0.6 is 11.3 Å². The normalized spacial score (nSPS) is 19.5. The van der Waals surface area contributed by atoms with E-state index in [1.54, 1.807) is 16.7 Å². The topological polar surface area (TPSA) is 87.0 Å². The van der Waals surface area contributed by atoms with Crippen LogP contribution in [-0.4, -0.2) is 57.2 Å². The Morgan fingerprint density at radius 3 is 2.80 bits per heavy atom. The molecule has 154 valence electrons. The number of anilines is 1. The molecule has 1 saturated heterocycles. The lowest BCUT2D eigenvalue weighted by Gasteiger charge is -2.37. The molecule has 0 aliphatic carbocycles. The molecule has 1 atom stereocenters. The molecule has 0 bridgehead atoms. The first-order valence-corrected chi connectivity index (χ1v) is 10.8. The van der Waals surface area contributed by atoms with Gasteiger partial charge in [-0.15, -0.1) is 11.3 Å². The molecule has 1 fully saturated rings. The molecule has 2 amide bonds. The van der Waals surface area contributed by atoms with Crippen LogP contribution in [0.15, 0.2) is 46.7 Å². The van der Waals surface area contributed by atoms with Gasteiger partial charge in [0, 0.05) is 62.5 Å². The van der Waals surface area contributed by atoms with E-state index < -0.39 is 5.92 Å². The number of nitrogens with one attached hydrogen (secondary N) is 1. The predicted octanol–water partition coefficient (Wildman–Crippen LogP) is 1.53. The van der Waals surface area contributed by atoms with Crippen LogP contribution in [0.2, 0.25) is 0 Å². The largest absolute Gasteiger partial charge is 0.340 e. The summed E-state index contributed by atoms with van der Waals surface area (Å²) in [7, 11) is 0. The monoisotopic (exact) mass is 423 g/mol. The summed E-state index contributed by atoms with van der Waals surface area (Å²) < 4.78 is 1.54. The lowest BCUT2D eigenvalue weighted by atomic mass is 9.89. The van der Waals surface area contributed by atoms with Crippen molar-refractivity contribution < 1.29 is 9.59 Å². The number of piperazine rings is 1. The van der Waals surface area contributed by atoms with Gasteiger partial charge in [0.15, 0.2) is 4.96 Å². The molecule has 3 aromatic rings. The fourth-order valence-corrected chi connectivity index (χ4v) is 4.91. The van der Waals surface area contributed by atoms with Crippen molar-refractivity contribution in [1.29, 1.82) is 0 Å². The molecule has 2 aromatic heterocycles. The van der Waals surface area contributed by atoms with Crippen LogP contribution in [0, 0.1) is 0 Å². The van der Waals surface area contributed by atoms with E-state index in [9.17, 15) is 14.4 Å². The van der Waals surface area contributed by atoms with Gasteiger partial charge in [-0.1, -0.05) is 18.2 Å². The number of para-hydroxylation sites is 1. The second-order valence-corrected chi connectivity index (χ2v) is 8.51. The fraction of sp³-hybridized carbons (Fsp3) is 0.333. The minimum Gasteiger partial charge on any atom is -0.340 e. The third kappa shape index (κ3) is 3.50. The van der Waals surface area contributed by atoms with Gasteiger partial charge in [-0.2, -0.15) is 0 Å². The molecule has 2 aliphatic heterocycles. The number of benzene rings is 1. The Bertz CT molecular complexity index is 1180. The second-order valence-electron chi connectivity index (χ2n) is 7.63. The standard InChI is InChI=1S/C21H21N5O3S/c27-18-12-16(15-3-1-2-4-17(15)23-18)20(29)25-7-5-24(6-8-25)13-14-11-19(28)26-9-10-30-21(26)22-14/h1-4,9-11,16H,5-8,12-13H2,(H,23,27). The van der Waals surface area contributed by atoms with Crippen LogP contribution in [-0.2, 0) is 16.1 Å². The molecule has 0 spiro atoms. The minimum absolute atomic E-state index is 0.00771. The van der Waals surface area contributed by atoms with Crippen molar-refractivity contribution in [2.75, 3.05) is 31.5 Å². The third-order valence-corrected chi connectivity index (χ3v) is 6.48. The summed E-state index contributed by atoms with van der Waals surface area (Å²) in [5.41, 5.74) is 2.30. The molecule has 0 radical (unpaired) electrons. The molecule has 1 aromatic carbocycles. The van der Waals surface area contributed by atoms with Crippen LogP contribution in [0.5, 0.6) is 0 Å². The Morgan fingerprint density at radius 2 is 1.97 bits per heavy atom. The van der Waals surface area contributed by atoms with Crippen molar-refractivity contribution in [3.8, 4) is 0 Å². The van der Waals surface area contributed by atoms with Crippen LogP contribution in [0.25, 0.3) is 4.96 Å². The van der Waals surface area contributed by atoms with E-state index in [2.05, 4.69) is 15.2 Å². The summed E-state index contributed by atoms with van der Waals surface area (Å²) in [6.07, 6.45) is 1.91. The maximum atomic E-state index is 13.2. The van der Waals surface area contributed by atoms with E-state index in [0.29, 0.717) is 37.7 Å². The highest BCUT2D eigenvalue weighted by Crippen LogP contribution is 2.33. The Kier molecular flexibility index (Phi) is 4.84. The summed E-state index contributed by atoms with van der Waals surface area (Å²) in [4.78, 5) is 46.7. The Balaban J connectivity index is 1.25. The number of carbonyl (C=O) groups is 2. The van der Waals surface area contributed by atoms with E-state index in [1.165, 1.54) is 11.3 Å². The minimum atomic E-state index is -0.426. The van der Waals surface area contributed by atoms with Gasteiger partial charge < -0.3 is 10.2 Å². The molecule has 1 unspecified atom stereocenters. The van der Waals surface area contributed by atoms with Gasteiger partial charge in [0.25, 0.3) is 5.56 Å². The van der Waals surface area contributed by atoms with Gasteiger partial charge in [0.1, 0.15) is 0 Å². The Labute approximate surface area is 176 Å². The molecule has 8 nitrogen and oxygen atoms in total. The quantitative estimate of drug-likeness (QED) is 0.690. The lowest BCUT2D eigenvalue weighted by Crippen LogP contribution is -2.50. The first kappa shape index (κ1) is 19.0. The van der Waals surface area contributed by atoms with E-state index in [4.69, 9.17) is 0 Å². The van der Waals surface area contributed by atoms with Gasteiger partial charge in [-0.05, 0) is 11.6 Å². The van der Waals surface area contributed by atoms with Gasteiger partial charge >= 0.3 is 0 Å². The summed E-state index contributed by atoms with van der Waals surface area (Å²) in [6, 6.07) is 9.09. The number of fused-ring (bicyclic) bond motifs is 2. The predicted molar refractivity (Wildman–Crippen MR) is 114 cm³/mol. The number of hydrogen-bond acceptors (Lipinski definition) is 6. The average Bonchev–Trinajstić information content (AvgIpc) is 3.22. The zero-order valence-electron chi connectivity index (χ0n) is 16.3. The molecule has 0 saturated carbocycles. The number of thiazole rings is 1.